The first-order valence-electron chi connectivity index (χ1n) is 8.39. The van der Waals surface area contributed by atoms with Crippen molar-refractivity contribution in [2.45, 2.75) is 11.4 Å². The lowest BCUT2D eigenvalue weighted by atomic mass is 10.1. The predicted octanol–water partition coefficient (Wildman–Crippen LogP) is 2.68. The third kappa shape index (κ3) is 3.65. The SMILES string of the molecule is CS(=O)(=O)c1csc(-c2nn(Cc3ccc(C#N)cc3)c(=O)o2)c1-n1cccc1. The van der Waals surface area contributed by atoms with Crippen LogP contribution in [0.25, 0.3) is 16.5 Å². The van der Waals surface area contributed by atoms with Crippen molar-refractivity contribution in [2.24, 2.45) is 0 Å². The summed E-state index contributed by atoms with van der Waals surface area (Å²) in [4.78, 5) is 12.9. The van der Waals surface area contributed by atoms with Crippen molar-refractivity contribution >= 4 is 21.2 Å². The number of thiophene rings is 1. The number of hydrogen-bond donors (Lipinski definition) is 0. The van der Waals surface area contributed by atoms with E-state index in [1.165, 1.54) is 5.38 Å². The average Bonchev–Trinajstić information content (AvgIpc) is 3.41. The second-order valence-electron chi connectivity index (χ2n) is 6.28. The summed E-state index contributed by atoms with van der Waals surface area (Å²) in [5, 5.41) is 14.7. The Labute approximate surface area is 169 Å². The molecule has 0 radical (unpaired) electrons. The number of benzene rings is 1. The third-order valence-corrected chi connectivity index (χ3v) is 6.43. The maximum Gasteiger partial charge on any atom is 0.437 e. The molecular weight excluding hydrogens is 412 g/mol. The van der Waals surface area contributed by atoms with Gasteiger partial charge in [0.25, 0.3) is 5.89 Å². The van der Waals surface area contributed by atoms with Gasteiger partial charge in [0.2, 0.25) is 0 Å². The minimum absolute atomic E-state index is 0.0484. The Morgan fingerprint density at radius 3 is 2.52 bits per heavy atom. The monoisotopic (exact) mass is 426 g/mol. The molecule has 0 bridgehead atoms. The fraction of sp³-hybridized carbons (Fsp3) is 0.105. The maximum absolute atomic E-state index is 12.3. The van der Waals surface area contributed by atoms with E-state index in [1.807, 2.05) is 6.07 Å². The first kappa shape index (κ1) is 18.9. The molecule has 0 unspecified atom stereocenters. The van der Waals surface area contributed by atoms with Crippen LogP contribution >= 0.6 is 11.3 Å². The van der Waals surface area contributed by atoms with Crippen LogP contribution in [0, 0.1) is 11.3 Å². The molecule has 0 atom stereocenters. The fourth-order valence-corrected chi connectivity index (χ4v) is 5.15. The van der Waals surface area contributed by atoms with Gasteiger partial charge in [0.05, 0.1) is 23.9 Å². The maximum atomic E-state index is 12.3. The summed E-state index contributed by atoms with van der Waals surface area (Å²) in [5.41, 5.74) is 1.69. The van der Waals surface area contributed by atoms with E-state index in [1.54, 1.807) is 53.4 Å². The second kappa shape index (κ2) is 7.20. The molecular formula is C19H14N4O4S2. The normalized spacial score (nSPS) is 11.4. The van der Waals surface area contributed by atoms with Crippen molar-refractivity contribution < 1.29 is 12.8 Å². The van der Waals surface area contributed by atoms with Gasteiger partial charge >= 0.3 is 5.76 Å². The molecule has 4 aromatic rings. The number of nitrogens with zero attached hydrogens (tertiary/aromatic N) is 4. The fourth-order valence-electron chi connectivity index (χ4n) is 2.83. The van der Waals surface area contributed by atoms with Crippen LogP contribution in [0.3, 0.4) is 0 Å². The summed E-state index contributed by atoms with van der Waals surface area (Å²) in [6.07, 6.45) is 4.56. The van der Waals surface area contributed by atoms with Gasteiger partial charge in [-0.1, -0.05) is 12.1 Å². The van der Waals surface area contributed by atoms with Gasteiger partial charge < -0.3 is 8.98 Å². The van der Waals surface area contributed by atoms with Crippen LogP contribution in [0.1, 0.15) is 11.1 Å². The Morgan fingerprint density at radius 2 is 1.90 bits per heavy atom. The zero-order valence-corrected chi connectivity index (χ0v) is 16.8. The standard InChI is InChI=1S/C19H14N4O4S2/c1-29(25,26)15-12-28-17(16(15)22-8-2-3-9-22)18-21-23(19(24)27-18)11-14-6-4-13(10-20)5-7-14/h2-9,12H,11H2,1H3. The number of hydrogen-bond acceptors (Lipinski definition) is 7. The molecule has 0 aliphatic carbocycles. The van der Waals surface area contributed by atoms with Crippen LogP contribution in [-0.2, 0) is 16.4 Å². The lowest BCUT2D eigenvalue weighted by Crippen LogP contribution is -2.16. The number of aromatic nitrogens is 3. The molecule has 4 rings (SSSR count). The van der Waals surface area contributed by atoms with Gasteiger partial charge in [-0.25, -0.2) is 13.2 Å². The lowest BCUT2D eigenvalue weighted by molar-refractivity contribution is 0.495. The first-order valence-corrected chi connectivity index (χ1v) is 11.2. The van der Waals surface area contributed by atoms with Crippen LogP contribution in [0.4, 0.5) is 0 Å². The zero-order valence-electron chi connectivity index (χ0n) is 15.1. The quantitative estimate of drug-likeness (QED) is 0.485. The van der Waals surface area contributed by atoms with Crippen molar-refractivity contribution in [1.29, 1.82) is 5.26 Å². The van der Waals surface area contributed by atoms with E-state index in [-0.39, 0.29) is 17.3 Å². The van der Waals surface area contributed by atoms with Crippen LogP contribution < -0.4 is 5.76 Å². The summed E-state index contributed by atoms with van der Waals surface area (Å²) in [6.45, 7) is 0.164. The van der Waals surface area contributed by atoms with Crippen LogP contribution in [0.15, 0.2) is 68.3 Å². The summed E-state index contributed by atoms with van der Waals surface area (Å²) in [5.74, 6) is -0.607. The van der Waals surface area contributed by atoms with Gasteiger partial charge in [-0.05, 0) is 29.8 Å². The summed E-state index contributed by atoms with van der Waals surface area (Å²) in [6, 6.07) is 12.4. The average molecular weight is 426 g/mol. The van der Waals surface area contributed by atoms with Gasteiger partial charge in [-0.2, -0.15) is 9.94 Å². The highest BCUT2D eigenvalue weighted by Crippen LogP contribution is 2.37. The highest BCUT2D eigenvalue weighted by atomic mass is 32.2. The lowest BCUT2D eigenvalue weighted by Gasteiger charge is -2.06. The summed E-state index contributed by atoms with van der Waals surface area (Å²) < 4.78 is 32.6. The van der Waals surface area contributed by atoms with Crippen molar-refractivity contribution in [2.75, 3.05) is 6.26 Å². The minimum atomic E-state index is -3.50. The van der Waals surface area contributed by atoms with E-state index in [9.17, 15) is 13.2 Å². The molecule has 0 saturated heterocycles. The van der Waals surface area contributed by atoms with Gasteiger partial charge in [-0.3, -0.25) is 0 Å². The van der Waals surface area contributed by atoms with Crippen LogP contribution in [0.5, 0.6) is 0 Å². The molecule has 0 fully saturated rings. The Balaban J connectivity index is 1.77. The van der Waals surface area contributed by atoms with E-state index in [0.29, 0.717) is 16.1 Å². The molecule has 8 nitrogen and oxygen atoms in total. The number of sulfone groups is 1. The van der Waals surface area contributed by atoms with Crippen molar-refractivity contribution in [3.63, 3.8) is 0 Å². The van der Waals surface area contributed by atoms with Crippen LogP contribution in [-0.4, -0.2) is 29.0 Å². The first-order chi connectivity index (χ1) is 13.9. The second-order valence-corrected chi connectivity index (χ2v) is 9.14. The molecule has 3 heterocycles. The highest BCUT2D eigenvalue weighted by molar-refractivity contribution is 7.91. The van der Waals surface area contributed by atoms with Crippen molar-refractivity contribution in [3.05, 3.63) is 75.8 Å². The topological polar surface area (TPSA) is 111 Å². The summed E-state index contributed by atoms with van der Waals surface area (Å²) >= 11 is 1.14. The van der Waals surface area contributed by atoms with E-state index in [0.717, 1.165) is 27.8 Å². The zero-order chi connectivity index (χ0) is 20.6. The number of rotatable bonds is 5. The predicted molar refractivity (Wildman–Crippen MR) is 107 cm³/mol. The molecule has 1 aromatic carbocycles. The molecule has 0 aliphatic rings. The number of nitriles is 1. The van der Waals surface area contributed by atoms with Gasteiger partial charge in [0, 0.05) is 24.0 Å². The molecule has 0 saturated carbocycles. The van der Waals surface area contributed by atoms with Crippen LogP contribution in [0.2, 0.25) is 0 Å². The summed E-state index contributed by atoms with van der Waals surface area (Å²) in [7, 11) is -3.50. The molecule has 0 amide bonds. The molecule has 0 N–H and O–H groups in total. The molecule has 0 spiro atoms. The smallest absolute Gasteiger partial charge is 0.387 e. The van der Waals surface area contributed by atoms with Gasteiger partial charge in [-0.15, -0.1) is 16.4 Å². The minimum Gasteiger partial charge on any atom is -0.387 e. The molecule has 3 aromatic heterocycles. The van der Waals surface area contributed by atoms with E-state index < -0.39 is 15.6 Å². The Morgan fingerprint density at radius 1 is 1.21 bits per heavy atom. The molecule has 146 valence electrons. The third-order valence-electron chi connectivity index (χ3n) is 4.21. The Bertz CT molecular complexity index is 1370. The highest BCUT2D eigenvalue weighted by Gasteiger charge is 2.25. The van der Waals surface area contributed by atoms with E-state index >= 15 is 0 Å². The van der Waals surface area contributed by atoms with Crippen molar-refractivity contribution in [3.8, 4) is 22.5 Å². The van der Waals surface area contributed by atoms with E-state index in [4.69, 9.17) is 9.68 Å². The van der Waals surface area contributed by atoms with E-state index in [2.05, 4.69) is 5.10 Å². The largest absolute Gasteiger partial charge is 0.437 e. The van der Waals surface area contributed by atoms with Gasteiger partial charge in [0.15, 0.2) is 9.84 Å². The van der Waals surface area contributed by atoms with Crippen molar-refractivity contribution in [1.82, 2.24) is 14.3 Å². The molecule has 29 heavy (non-hydrogen) atoms. The molecule has 0 aliphatic heterocycles. The Kier molecular flexibility index (Phi) is 4.70. The van der Waals surface area contributed by atoms with Gasteiger partial charge in [0.1, 0.15) is 9.77 Å². The Hall–Kier alpha value is -3.42. The molecule has 10 heteroatoms.